The highest BCUT2D eigenvalue weighted by Crippen LogP contribution is 1.95. The zero-order chi connectivity index (χ0) is 6.57. The Bertz CT molecular complexity index is 85.8. The fourth-order valence-corrected chi connectivity index (χ4v) is 0.466. The van der Waals surface area contributed by atoms with Crippen LogP contribution in [0.25, 0.3) is 0 Å². The topological polar surface area (TPSA) is 78.1 Å². The molecule has 6 N–H and O–H groups in total. The predicted molar refractivity (Wildman–Crippen MR) is 34.7 cm³/mol. The monoisotopic (exact) mass is 115 g/mol. The van der Waals surface area contributed by atoms with Gasteiger partial charge in [-0.3, -0.25) is 0 Å². The largest absolute Gasteiger partial charge is 0.386 e. The molecule has 0 fully saturated rings. The molecule has 0 amide bonds. The molecule has 48 valence electrons. The highest BCUT2D eigenvalue weighted by Gasteiger charge is 1.91. The Hall–Kier alpha value is -0.700. The van der Waals surface area contributed by atoms with Gasteiger partial charge in [0.25, 0.3) is 0 Å². The van der Waals surface area contributed by atoms with Crippen molar-refractivity contribution in [2.75, 3.05) is 6.54 Å². The predicted octanol–water partition coefficient (Wildman–Crippen LogP) is -0.516. The van der Waals surface area contributed by atoms with Gasteiger partial charge in [0, 0.05) is 6.54 Å². The van der Waals surface area contributed by atoms with Gasteiger partial charge in [0.1, 0.15) is 0 Å². The third-order valence-electron chi connectivity index (χ3n) is 1.08. The summed E-state index contributed by atoms with van der Waals surface area (Å²) in [5.74, 6) is 0.370. The molecule has 0 saturated heterocycles. The average molecular weight is 115 g/mol. The Morgan fingerprint density at radius 2 is 1.88 bits per heavy atom. The third kappa shape index (κ3) is 1.84. The van der Waals surface area contributed by atoms with Crippen molar-refractivity contribution in [1.29, 1.82) is 0 Å². The van der Waals surface area contributed by atoms with E-state index < -0.39 is 0 Å². The van der Waals surface area contributed by atoms with Crippen LogP contribution >= 0.6 is 0 Å². The van der Waals surface area contributed by atoms with Crippen molar-refractivity contribution in [2.24, 2.45) is 17.2 Å². The van der Waals surface area contributed by atoms with Crippen molar-refractivity contribution in [2.45, 2.75) is 13.3 Å². The number of hydrogen-bond donors (Lipinski definition) is 3. The fourth-order valence-electron chi connectivity index (χ4n) is 0.466. The van der Waals surface area contributed by atoms with Crippen LogP contribution in [0.5, 0.6) is 0 Å². The Morgan fingerprint density at radius 3 is 1.88 bits per heavy atom. The van der Waals surface area contributed by atoms with E-state index in [-0.39, 0.29) is 0 Å². The summed E-state index contributed by atoms with van der Waals surface area (Å²) in [6.07, 6.45) is 0.846. The number of rotatable bonds is 2. The molecular formula is C5H13N3. The quantitative estimate of drug-likeness (QED) is 0.453. The second-order valence-electron chi connectivity index (χ2n) is 1.62. The minimum atomic E-state index is 0.370. The molecule has 0 heterocycles. The van der Waals surface area contributed by atoms with Crippen LogP contribution in [0.15, 0.2) is 11.4 Å². The van der Waals surface area contributed by atoms with E-state index in [9.17, 15) is 0 Å². The van der Waals surface area contributed by atoms with E-state index in [4.69, 9.17) is 17.2 Å². The zero-order valence-corrected chi connectivity index (χ0v) is 5.15. The summed E-state index contributed by atoms with van der Waals surface area (Å²) < 4.78 is 0. The highest BCUT2D eigenvalue weighted by molar-refractivity contribution is 5.07. The Morgan fingerprint density at radius 1 is 1.38 bits per heavy atom. The summed E-state index contributed by atoms with van der Waals surface area (Å²) in [6.45, 7) is 2.45. The molecule has 0 aromatic rings. The SMILES string of the molecule is CCC(CN)=C(N)N. The van der Waals surface area contributed by atoms with Gasteiger partial charge in [0.2, 0.25) is 0 Å². The molecule has 0 aliphatic carbocycles. The molecule has 3 nitrogen and oxygen atoms in total. The van der Waals surface area contributed by atoms with Crippen molar-refractivity contribution in [1.82, 2.24) is 0 Å². The lowest BCUT2D eigenvalue weighted by Gasteiger charge is -2.00. The first-order valence-corrected chi connectivity index (χ1v) is 2.65. The van der Waals surface area contributed by atoms with E-state index in [0.29, 0.717) is 12.4 Å². The molecule has 8 heavy (non-hydrogen) atoms. The minimum Gasteiger partial charge on any atom is -0.386 e. The van der Waals surface area contributed by atoms with Gasteiger partial charge in [-0.05, 0) is 12.0 Å². The second kappa shape index (κ2) is 3.32. The highest BCUT2D eigenvalue weighted by atomic mass is 14.8. The first-order chi connectivity index (χ1) is 3.72. The number of hydrogen-bond acceptors (Lipinski definition) is 3. The molecule has 0 aliphatic rings. The van der Waals surface area contributed by atoms with Crippen molar-refractivity contribution in [3.63, 3.8) is 0 Å². The molecule has 0 spiro atoms. The van der Waals surface area contributed by atoms with Gasteiger partial charge in [-0.2, -0.15) is 0 Å². The van der Waals surface area contributed by atoms with Crippen LogP contribution in [0, 0.1) is 0 Å². The normalized spacial score (nSPS) is 8.75. The summed E-state index contributed by atoms with van der Waals surface area (Å²) in [4.78, 5) is 0. The molecule has 0 bridgehead atoms. The van der Waals surface area contributed by atoms with Gasteiger partial charge in [0.15, 0.2) is 0 Å². The summed E-state index contributed by atoms with van der Waals surface area (Å²) in [7, 11) is 0. The van der Waals surface area contributed by atoms with Gasteiger partial charge < -0.3 is 17.2 Å². The van der Waals surface area contributed by atoms with E-state index in [1.807, 2.05) is 6.92 Å². The Kier molecular flexibility index (Phi) is 3.03. The smallest absolute Gasteiger partial charge is 0.0938 e. The van der Waals surface area contributed by atoms with Gasteiger partial charge in [-0.1, -0.05) is 6.92 Å². The molecule has 0 aliphatic heterocycles. The minimum absolute atomic E-state index is 0.370. The Labute approximate surface area is 49.5 Å². The Balaban J connectivity index is 3.86. The van der Waals surface area contributed by atoms with E-state index in [2.05, 4.69) is 0 Å². The fraction of sp³-hybridized carbons (Fsp3) is 0.600. The average Bonchev–Trinajstić information content (AvgIpc) is 1.69. The van der Waals surface area contributed by atoms with Crippen LogP contribution < -0.4 is 17.2 Å². The van der Waals surface area contributed by atoms with Gasteiger partial charge >= 0.3 is 0 Å². The molecule has 0 atom stereocenters. The van der Waals surface area contributed by atoms with Crippen LogP contribution in [0.2, 0.25) is 0 Å². The lowest BCUT2D eigenvalue weighted by atomic mass is 10.2. The van der Waals surface area contributed by atoms with Crippen molar-refractivity contribution in [3.8, 4) is 0 Å². The second-order valence-corrected chi connectivity index (χ2v) is 1.62. The lowest BCUT2D eigenvalue weighted by molar-refractivity contribution is 0.955. The molecule has 0 aromatic carbocycles. The number of nitrogens with two attached hydrogens (primary N) is 3. The van der Waals surface area contributed by atoms with Gasteiger partial charge in [-0.25, -0.2) is 0 Å². The summed E-state index contributed by atoms with van der Waals surface area (Å²) in [6, 6.07) is 0. The molecule has 3 heteroatoms. The molecule has 0 saturated carbocycles. The van der Waals surface area contributed by atoms with Gasteiger partial charge in [0.05, 0.1) is 5.82 Å². The van der Waals surface area contributed by atoms with Crippen LogP contribution in [-0.4, -0.2) is 6.54 Å². The molecule has 0 aromatic heterocycles. The van der Waals surface area contributed by atoms with Crippen LogP contribution in [-0.2, 0) is 0 Å². The molecule has 0 rings (SSSR count). The van der Waals surface area contributed by atoms with E-state index in [0.717, 1.165) is 12.0 Å². The van der Waals surface area contributed by atoms with Crippen molar-refractivity contribution >= 4 is 0 Å². The summed E-state index contributed by atoms with van der Waals surface area (Å²) in [5.41, 5.74) is 16.7. The first kappa shape index (κ1) is 7.30. The third-order valence-corrected chi connectivity index (χ3v) is 1.08. The van der Waals surface area contributed by atoms with Crippen LogP contribution in [0.4, 0.5) is 0 Å². The maximum absolute atomic E-state index is 5.27. The van der Waals surface area contributed by atoms with Crippen LogP contribution in [0.3, 0.4) is 0 Å². The van der Waals surface area contributed by atoms with Crippen molar-refractivity contribution < 1.29 is 0 Å². The van der Waals surface area contributed by atoms with Crippen molar-refractivity contribution in [3.05, 3.63) is 11.4 Å². The standard InChI is InChI=1S/C5H13N3/c1-2-4(3-6)5(7)8/h2-3,6-8H2,1H3. The van der Waals surface area contributed by atoms with E-state index >= 15 is 0 Å². The summed E-state index contributed by atoms with van der Waals surface area (Å²) in [5, 5.41) is 0. The molecule has 0 unspecified atom stereocenters. The lowest BCUT2D eigenvalue weighted by Crippen LogP contribution is -2.16. The maximum Gasteiger partial charge on any atom is 0.0938 e. The maximum atomic E-state index is 5.27. The zero-order valence-electron chi connectivity index (χ0n) is 5.15. The van der Waals surface area contributed by atoms with Crippen LogP contribution in [0.1, 0.15) is 13.3 Å². The van der Waals surface area contributed by atoms with Gasteiger partial charge in [-0.15, -0.1) is 0 Å². The molecular weight excluding hydrogens is 102 g/mol. The van der Waals surface area contributed by atoms with E-state index in [1.54, 1.807) is 0 Å². The molecule has 0 radical (unpaired) electrons. The summed E-state index contributed by atoms with van der Waals surface area (Å²) >= 11 is 0. The first-order valence-electron chi connectivity index (χ1n) is 2.65. The van der Waals surface area contributed by atoms with E-state index in [1.165, 1.54) is 0 Å².